The summed E-state index contributed by atoms with van der Waals surface area (Å²) < 4.78 is 10.2. The average molecular weight is 245 g/mol. The van der Waals surface area contributed by atoms with E-state index in [0.717, 1.165) is 17.1 Å². The van der Waals surface area contributed by atoms with E-state index in [2.05, 4.69) is 15.3 Å². The largest absolute Gasteiger partial charge is 0.493 e. The molecule has 2 aromatic heterocycles. The van der Waals surface area contributed by atoms with Gasteiger partial charge in [-0.2, -0.15) is 0 Å². The number of hydrogen-bond acceptors (Lipinski definition) is 5. The Morgan fingerprint density at radius 1 is 1.11 bits per heavy atom. The second-order valence-corrected chi connectivity index (χ2v) is 3.62. The molecule has 0 radical (unpaired) electrons. The SMILES string of the molecule is COc1ccc(CNc2ncccc2OC)cn1. The van der Waals surface area contributed by atoms with Gasteiger partial charge in [0.25, 0.3) is 0 Å². The van der Waals surface area contributed by atoms with Crippen molar-refractivity contribution in [2.75, 3.05) is 19.5 Å². The zero-order chi connectivity index (χ0) is 12.8. The van der Waals surface area contributed by atoms with Crippen molar-refractivity contribution in [3.8, 4) is 11.6 Å². The van der Waals surface area contributed by atoms with E-state index in [0.29, 0.717) is 12.4 Å². The van der Waals surface area contributed by atoms with Crippen LogP contribution in [0.1, 0.15) is 5.56 Å². The van der Waals surface area contributed by atoms with Crippen molar-refractivity contribution in [2.24, 2.45) is 0 Å². The van der Waals surface area contributed by atoms with E-state index < -0.39 is 0 Å². The second-order valence-electron chi connectivity index (χ2n) is 3.62. The molecule has 0 fully saturated rings. The molecule has 0 saturated carbocycles. The lowest BCUT2D eigenvalue weighted by atomic mass is 10.3. The second kappa shape index (κ2) is 5.86. The van der Waals surface area contributed by atoms with Gasteiger partial charge in [-0.05, 0) is 17.7 Å². The molecule has 2 rings (SSSR count). The summed E-state index contributed by atoms with van der Waals surface area (Å²) in [4.78, 5) is 8.36. The quantitative estimate of drug-likeness (QED) is 0.874. The van der Waals surface area contributed by atoms with Crippen molar-refractivity contribution in [3.63, 3.8) is 0 Å². The van der Waals surface area contributed by atoms with Crippen LogP contribution in [0.15, 0.2) is 36.7 Å². The summed E-state index contributed by atoms with van der Waals surface area (Å²) in [6.07, 6.45) is 3.48. The first kappa shape index (κ1) is 12.2. The molecule has 5 nitrogen and oxygen atoms in total. The fourth-order valence-electron chi connectivity index (χ4n) is 1.51. The van der Waals surface area contributed by atoms with Gasteiger partial charge in [-0.1, -0.05) is 6.07 Å². The summed E-state index contributed by atoms with van der Waals surface area (Å²) in [6, 6.07) is 7.47. The van der Waals surface area contributed by atoms with Gasteiger partial charge in [-0.3, -0.25) is 0 Å². The first-order valence-corrected chi connectivity index (χ1v) is 5.55. The van der Waals surface area contributed by atoms with Crippen molar-refractivity contribution in [1.29, 1.82) is 0 Å². The lowest BCUT2D eigenvalue weighted by Gasteiger charge is -2.09. The van der Waals surface area contributed by atoms with Crippen molar-refractivity contribution in [3.05, 3.63) is 42.2 Å². The number of ether oxygens (including phenoxy) is 2. The Balaban J connectivity index is 2.02. The van der Waals surface area contributed by atoms with Gasteiger partial charge in [0, 0.05) is 25.0 Å². The molecular weight excluding hydrogens is 230 g/mol. The normalized spacial score (nSPS) is 9.89. The van der Waals surface area contributed by atoms with Crippen molar-refractivity contribution in [2.45, 2.75) is 6.54 Å². The van der Waals surface area contributed by atoms with Gasteiger partial charge < -0.3 is 14.8 Å². The number of hydrogen-bond donors (Lipinski definition) is 1. The van der Waals surface area contributed by atoms with Crippen LogP contribution in [0.5, 0.6) is 11.6 Å². The predicted molar refractivity (Wildman–Crippen MR) is 68.9 cm³/mol. The van der Waals surface area contributed by atoms with Gasteiger partial charge >= 0.3 is 0 Å². The molecule has 0 bridgehead atoms. The Hall–Kier alpha value is -2.30. The van der Waals surface area contributed by atoms with Gasteiger partial charge in [0.1, 0.15) is 0 Å². The molecule has 0 unspecified atom stereocenters. The Labute approximate surface area is 106 Å². The molecule has 1 N–H and O–H groups in total. The van der Waals surface area contributed by atoms with Crippen molar-refractivity contribution in [1.82, 2.24) is 9.97 Å². The first-order valence-electron chi connectivity index (χ1n) is 5.55. The zero-order valence-electron chi connectivity index (χ0n) is 10.4. The highest BCUT2D eigenvalue weighted by atomic mass is 16.5. The molecule has 0 spiro atoms. The minimum atomic E-state index is 0.606. The molecule has 2 aromatic rings. The molecule has 0 atom stereocenters. The average Bonchev–Trinajstić information content (AvgIpc) is 2.46. The molecule has 0 amide bonds. The maximum Gasteiger partial charge on any atom is 0.212 e. The van der Waals surface area contributed by atoms with Crippen LogP contribution in [-0.2, 0) is 6.54 Å². The lowest BCUT2D eigenvalue weighted by molar-refractivity contribution is 0.397. The van der Waals surface area contributed by atoms with Crippen LogP contribution in [0.3, 0.4) is 0 Å². The fraction of sp³-hybridized carbons (Fsp3) is 0.231. The number of rotatable bonds is 5. The number of aromatic nitrogens is 2. The van der Waals surface area contributed by atoms with Crippen LogP contribution in [0.25, 0.3) is 0 Å². The van der Waals surface area contributed by atoms with Crippen LogP contribution in [-0.4, -0.2) is 24.2 Å². The molecule has 0 aliphatic heterocycles. The fourth-order valence-corrected chi connectivity index (χ4v) is 1.51. The molecule has 94 valence electrons. The van der Waals surface area contributed by atoms with E-state index in [1.54, 1.807) is 26.6 Å². The van der Waals surface area contributed by atoms with E-state index in [1.807, 2.05) is 24.3 Å². The van der Waals surface area contributed by atoms with Gasteiger partial charge in [0.15, 0.2) is 11.6 Å². The number of nitrogens with one attached hydrogen (secondary N) is 1. The maximum atomic E-state index is 5.21. The van der Waals surface area contributed by atoms with Crippen LogP contribution in [0.4, 0.5) is 5.82 Å². The molecule has 5 heteroatoms. The highest BCUT2D eigenvalue weighted by molar-refractivity contribution is 5.49. The summed E-state index contributed by atoms with van der Waals surface area (Å²) in [5.41, 5.74) is 1.04. The third-order valence-corrected chi connectivity index (χ3v) is 2.46. The molecular formula is C13H15N3O2. The van der Waals surface area contributed by atoms with Gasteiger partial charge in [0.05, 0.1) is 14.2 Å². The van der Waals surface area contributed by atoms with Gasteiger partial charge in [-0.25, -0.2) is 9.97 Å². The standard InChI is InChI=1S/C13H15N3O2/c1-17-11-4-3-7-14-13(11)16-9-10-5-6-12(18-2)15-8-10/h3-8H,9H2,1-2H3,(H,14,16). The van der Waals surface area contributed by atoms with Crippen LogP contribution in [0, 0.1) is 0 Å². The molecule has 18 heavy (non-hydrogen) atoms. The summed E-state index contributed by atoms with van der Waals surface area (Å²) >= 11 is 0. The third-order valence-electron chi connectivity index (χ3n) is 2.46. The minimum Gasteiger partial charge on any atom is -0.493 e. The predicted octanol–water partition coefficient (Wildman–Crippen LogP) is 2.11. The zero-order valence-corrected chi connectivity index (χ0v) is 10.4. The Bertz CT molecular complexity index is 500. The van der Waals surface area contributed by atoms with E-state index in [-0.39, 0.29) is 0 Å². The number of nitrogens with zero attached hydrogens (tertiary/aromatic N) is 2. The summed E-state index contributed by atoms with van der Waals surface area (Å²) in [7, 11) is 3.22. The molecule has 0 aliphatic carbocycles. The topological polar surface area (TPSA) is 56.3 Å². The van der Waals surface area contributed by atoms with E-state index >= 15 is 0 Å². The smallest absolute Gasteiger partial charge is 0.212 e. The Kier molecular flexibility index (Phi) is 3.96. The van der Waals surface area contributed by atoms with Crippen LogP contribution < -0.4 is 14.8 Å². The van der Waals surface area contributed by atoms with Crippen molar-refractivity contribution < 1.29 is 9.47 Å². The summed E-state index contributed by atoms with van der Waals surface area (Å²) in [5.74, 6) is 2.05. The minimum absolute atomic E-state index is 0.606. The highest BCUT2D eigenvalue weighted by Gasteiger charge is 2.02. The Morgan fingerprint density at radius 3 is 2.67 bits per heavy atom. The number of methoxy groups -OCH3 is 2. The summed E-state index contributed by atoms with van der Waals surface area (Å²) in [6.45, 7) is 0.629. The van der Waals surface area contributed by atoms with Crippen molar-refractivity contribution >= 4 is 5.82 Å². The number of anilines is 1. The van der Waals surface area contributed by atoms with E-state index in [9.17, 15) is 0 Å². The van der Waals surface area contributed by atoms with Gasteiger partial charge in [-0.15, -0.1) is 0 Å². The molecule has 0 aromatic carbocycles. The monoisotopic (exact) mass is 245 g/mol. The number of pyridine rings is 2. The molecule has 0 aliphatic rings. The Morgan fingerprint density at radius 2 is 2.00 bits per heavy atom. The van der Waals surface area contributed by atoms with Gasteiger partial charge in [0.2, 0.25) is 5.88 Å². The van der Waals surface area contributed by atoms with Crippen LogP contribution >= 0.6 is 0 Å². The third kappa shape index (κ3) is 2.88. The molecule has 0 saturated heterocycles. The van der Waals surface area contributed by atoms with E-state index in [4.69, 9.17) is 9.47 Å². The summed E-state index contributed by atoms with van der Waals surface area (Å²) in [5, 5.41) is 3.20. The lowest BCUT2D eigenvalue weighted by Crippen LogP contribution is -2.03. The first-order chi connectivity index (χ1) is 8.83. The van der Waals surface area contributed by atoms with Crippen LogP contribution in [0.2, 0.25) is 0 Å². The maximum absolute atomic E-state index is 5.21. The van der Waals surface area contributed by atoms with E-state index in [1.165, 1.54) is 0 Å². The molecule has 2 heterocycles. The highest BCUT2D eigenvalue weighted by Crippen LogP contribution is 2.20.